The number of aliphatic carboxylic acids is 1. The molecule has 2 N–H and O–H groups in total. The first-order chi connectivity index (χ1) is 9.01. The lowest BCUT2D eigenvalue weighted by atomic mass is 9.98. The van der Waals surface area contributed by atoms with Crippen molar-refractivity contribution in [3.8, 4) is 0 Å². The Labute approximate surface area is 115 Å². The number of rotatable bonds is 6. The Kier molecular flexibility index (Phi) is 4.85. The van der Waals surface area contributed by atoms with Crippen LogP contribution in [-0.4, -0.2) is 35.4 Å². The van der Waals surface area contributed by atoms with Crippen LogP contribution in [-0.2, 0) is 9.53 Å². The summed E-state index contributed by atoms with van der Waals surface area (Å²) in [5.74, 6) is -0.360. The second-order valence-electron chi connectivity index (χ2n) is 6.60. The average molecular weight is 269 g/mol. The summed E-state index contributed by atoms with van der Waals surface area (Å²) in [4.78, 5) is 11.2. The Morgan fingerprint density at radius 2 is 2.05 bits per heavy atom. The van der Waals surface area contributed by atoms with Crippen molar-refractivity contribution < 1.29 is 14.6 Å². The van der Waals surface area contributed by atoms with Crippen LogP contribution in [0.5, 0.6) is 0 Å². The molecule has 2 unspecified atom stereocenters. The highest BCUT2D eigenvalue weighted by Crippen LogP contribution is 2.43. The van der Waals surface area contributed by atoms with E-state index in [0.29, 0.717) is 18.9 Å². The highest BCUT2D eigenvalue weighted by atomic mass is 16.5. The Morgan fingerprint density at radius 3 is 2.63 bits per heavy atom. The molecule has 1 saturated carbocycles. The van der Waals surface area contributed by atoms with Gasteiger partial charge in [0.05, 0.1) is 11.7 Å². The third-order valence-corrected chi connectivity index (χ3v) is 4.45. The molecule has 0 bridgehead atoms. The Morgan fingerprint density at radius 1 is 1.37 bits per heavy atom. The van der Waals surface area contributed by atoms with Crippen molar-refractivity contribution in [2.24, 2.45) is 5.92 Å². The molecule has 19 heavy (non-hydrogen) atoms. The Bertz CT molecular complexity index is 311. The van der Waals surface area contributed by atoms with Crippen LogP contribution in [0.25, 0.3) is 0 Å². The fourth-order valence-electron chi connectivity index (χ4n) is 3.44. The van der Waals surface area contributed by atoms with E-state index in [9.17, 15) is 9.90 Å². The third kappa shape index (κ3) is 3.93. The molecule has 2 fully saturated rings. The maximum atomic E-state index is 11.2. The van der Waals surface area contributed by atoms with Gasteiger partial charge in [-0.2, -0.15) is 0 Å². The van der Waals surface area contributed by atoms with Gasteiger partial charge in [0.15, 0.2) is 0 Å². The maximum absolute atomic E-state index is 11.2. The molecule has 0 aromatic carbocycles. The lowest BCUT2D eigenvalue weighted by Gasteiger charge is -2.25. The first kappa shape index (κ1) is 14.8. The fourth-order valence-corrected chi connectivity index (χ4v) is 3.44. The number of nitrogens with one attached hydrogen (secondary N) is 1. The van der Waals surface area contributed by atoms with Gasteiger partial charge < -0.3 is 15.2 Å². The van der Waals surface area contributed by atoms with Crippen LogP contribution in [0.4, 0.5) is 0 Å². The standard InChI is InChI=1S/C15H27NO3/c1-11(2)9-13(14(17)18)16-10-12-5-8-15(19-12)6-3-4-7-15/h11-13,16H,3-10H2,1-2H3,(H,17,18). The van der Waals surface area contributed by atoms with Crippen molar-refractivity contribution in [3.05, 3.63) is 0 Å². The zero-order valence-electron chi connectivity index (χ0n) is 12.2. The SMILES string of the molecule is CC(C)CC(NCC1CCC2(CCCC2)O1)C(=O)O. The summed E-state index contributed by atoms with van der Waals surface area (Å²) in [6.45, 7) is 4.78. The van der Waals surface area contributed by atoms with Crippen LogP contribution >= 0.6 is 0 Å². The third-order valence-electron chi connectivity index (χ3n) is 4.45. The molecule has 110 valence electrons. The summed E-state index contributed by atoms with van der Waals surface area (Å²) in [6, 6.07) is -0.441. The van der Waals surface area contributed by atoms with Gasteiger partial charge in [-0.05, 0) is 38.0 Å². The van der Waals surface area contributed by atoms with Crippen molar-refractivity contribution in [1.82, 2.24) is 5.32 Å². The molecule has 1 saturated heterocycles. The Hall–Kier alpha value is -0.610. The van der Waals surface area contributed by atoms with Crippen LogP contribution < -0.4 is 5.32 Å². The zero-order chi connectivity index (χ0) is 13.9. The highest BCUT2D eigenvalue weighted by molar-refractivity contribution is 5.73. The van der Waals surface area contributed by atoms with E-state index in [4.69, 9.17) is 4.74 Å². The zero-order valence-corrected chi connectivity index (χ0v) is 12.2. The van der Waals surface area contributed by atoms with E-state index in [2.05, 4.69) is 19.2 Å². The second-order valence-corrected chi connectivity index (χ2v) is 6.60. The normalized spacial score (nSPS) is 27.2. The van der Waals surface area contributed by atoms with Gasteiger partial charge in [0.1, 0.15) is 6.04 Å². The molecule has 4 heteroatoms. The number of carboxylic acids is 1. The summed E-state index contributed by atoms with van der Waals surface area (Å²) >= 11 is 0. The summed E-state index contributed by atoms with van der Waals surface area (Å²) in [5.41, 5.74) is 0.142. The molecule has 2 aliphatic rings. The van der Waals surface area contributed by atoms with Crippen LogP contribution in [0.1, 0.15) is 58.8 Å². The summed E-state index contributed by atoms with van der Waals surface area (Å²) < 4.78 is 6.19. The largest absolute Gasteiger partial charge is 0.480 e. The van der Waals surface area contributed by atoms with Gasteiger partial charge in [-0.3, -0.25) is 4.79 Å². The van der Waals surface area contributed by atoms with E-state index >= 15 is 0 Å². The van der Waals surface area contributed by atoms with E-state index in [-0.39, 0.29) is 11.7 Å². The molecular formula is C15H27NO3. The topological polar surface area (TPSA) is 58.6 Å². The van der Waals surface area contributed by atoms with Crippen molar-refractivity contribution >= 4 is 5.97 Å². The molecule has 0 amide bonds. The molecular weight excluding hydrogens is 242 g/mol. The van der Waals surface area contributed by atoms with Gasteiger partial charge in [0.2, 0.25) is 0 Å². The molecule has 1 aliphatic carbocycles. The summed E-state index contributed by atoms with van der Waals surface area (Å²) in [6.07, 6.45) is 8.05. The minimum Gasteiger partial charge on any atom is -0.480 e. The number of hydrogen-bond donors (Lipinski definition) is 2. The van der Waals surface area contributed by atoms with Gasteiger partial charge >= 0.3 is 5.97 Å². The molecule has 0 aromatic rings. The van der Waals surface area contributed by atoms with Gasteiger partial charge in [-0.15, -0.1) is 0 Å². The van der Waals surface area contributed by atoms with Gasteiger partial charge in [-0.25, -0.2) is 0 Å². The van der Waals surface area contributed by atoms with Crippen molar-refractivity contribution in [2.75, 3.05) is 6.54 Å². The van der Waals surface area contributed by atoms with Gasteiger partial charge in [0, 0.05) is 6.54 Å². The predicted octanol–water partition coefficient (Wildman–Crippen LogP) is 2.57. The van der Waals surface area contributed by atoms with Gasteiger partial charge in [0.25, 0.3) is 0 Å². The van der Waals surface area contributed by atoms with Crippen LogP contribution in [0, 0.1) is 5.92 Å². The minimum atomic E-state index is -0.748. The summed E-state index contributed by atoms with van der Waals surface area (Å²) in [7, 11) is 0. The minimum absolute atomic E-state index is 0.142. The molecule has 1 heterocycles. The highest BCUT2D eigenvalue weighted by Gasteiger charge is 2.42. The molecule has 1 aliphatic heterocycles. The van der Waals surface area contributed by atoms with Crippen molar-refractivity contribution in [2.45, 2.75) is 76.5 Å². The van der Waals surface area contributed by atoms with Crippen LogP contribution in [0.2, 0.25) is 0 Å². The number of carbonyl (C=O) groups is 1. The molecule has 4 nitrogen and oxygen atoms in total. The van der Waals surface area contributed by atoms with Crippen molar-refractivity contribution in [1.29, 1.82) is 0 Å². The van der Waals surface area contributed by atoms with Crippen LogP contribution in [0.15, 0.2) is 0 Å². The maximum Gasteiger partial charge on any atom is 0.320 e. The predicted molar refractivity (Wildman–Crippen MR) is 74.2 cm³/mol. The molecule has 2 rings (SSSR count). The Balaban J connectivity index is 1.77. The second kappa shape index (κ2) is 6.23. The summed E-state index contributed by atoms with van der Waals surface area (Å²) in [5, 5.41) is 12.4. The average Bonchev–Trinajstić information content (AvgIpc) is 2.95. The van der Waals surface area contributed by atoms with E-state index in [1.54, 1.807) is 0 Å². The fraction of sp³-hybridized carbons (Fsp3) is 0.933. The van der Waals surface area contributed by atoms with E-state index in [0.717, 1.165) is 12.8 Å². The van der Waals surface area contributed by atoms with E-state index in [1.807, 2.05) is 0 Å². The lowest BCUT2D eigenvalue weighted by Crippen LogP contribution is -2.42. The monoisotopic (exact) mass is 269 g/mol. The van der Waals surface area contributed by atoms with E-state index < -0.39 is 12.0 Å². The molecule has 0 aromatic heterocycles. The van der Waals surface area contributed by atoms with Crippen LogP contribution in [0.3, 0.4) is 0 Å². The first-order valence-electron chi connectivity index (χ1n) is 7.65. The smallest absolute Gasteiger partial charge is 0.320 e. The van der Waals surface area contributed by atoms with Gasteiger partial charge in [-0.1, -0.05) is 26.7 Å². The molecule has 2 atom stereocenters. The number of ether oxygens (including phenoxy) is 1. The quantitative estimate of drug-likeness (QED) is 0.778. The van der Waals surface area contributed by atoms with Crippen molar-refractivity contribution in [3.63, 3.8) is 0 Å². The number of carboxylic acid groups (broad SMARTS) is 1. The lowest BCUT2D eigenvalue weighted by molar-refractivity contribution is -0.140. The first-order valence-corrected chi connectivity index (χ1v) is 7.65. The van der Waals surface area contributed by atoms with E-state index in [1.165, 1.54) is 25.7 Å². The number of hydrogen-bond acceptors (Lipinski definition) is 3. The molecule has 0 radical (unpaired) electrons. The molecule has 1 spiro atoms.